The highest BCUT2D eigenvalue weighted by Crippen LogP contribution is 2.22. The zero-order valence-electron chi connectivity index (χ0n) is 12.2. The van der Waals surface area contributed by atoms with Crippen LogP contribution in [0.3, 0.4) is 0 Å². The molecule has 0 bridgehead atoms. The third kappa shape index (κ3) is 4.33. The summed E-state index contributed by atoms with van der Waals surface area (Å²) in [6, 6.07) is 1.97. The van der Waals surface area contributed by atoms with Gasteiger partial charge in [0.1, 0.15) is 0 Å². The predicted octanol–water partition coefficient (Wildman–Crippen LogP) is 2.49. The number of thiazole rings is 1. The highest BCUT2D eigenvalue weighted by Gasteiger charge is 2.20. The van der Waals surface area contributed by atoms with Crippen LogP contribution in [0.2, 0.25) is 0 Å². The molecule has 0 aliphatic heterocycles. The zero-order chi connectivity index (χ0) is 15.5. The number of aryl methyl sites for hydroxylation is 1. The summed E-state index contributed by atoms with van der Waals surface area (Å²) in [5.41, 5.74) is 2.59. The largest absolute Gasteiger partial charge is 0.310 e. The molecule has 0 aliphatic carbocycles. The van der Waals surface area contributed by atoms with Gasteiger partial charge in [-0.2, -0.15) is 0 Å². The highest BCUT2D eigenvalue weighted by atomic mass is 32.2. The maximum Gasteiger partial charge on any atom is 0.242 e. The molecule has 0 saturated heterocycles. The maximum atomic E-state index is 12.4. The number of sulfonamides is 1. The van der Waals surface area contributed by atoms with Gasteiger partial charge < -0.3 is 5.32 Å². The molecular formula is C13H19N3O2S3. The Bertz CT molecular complexity index is 689. The summed E-state index contributed by atoms with van der Waals surface area (Å²) in [4.78, 5) is 6.26. The lowest BCUT2D eigenvalue weighted by Crippen LogP contribution is -2.26. The molecule has 0 unspecified atom stereocenters. The molecule has 2 aromatic heterocycles. The van der Waals surface area contributed by atoms with Crippen LogP contribution in [-0.2, 0) is 23.1 Å². The molecule has 0 amide bonds. The molecule has 5 nitrogen and oxygen atoms in total. The molecule has 0 saturated carbocycles. The van der Waals surface area contributed by atoms with Gasteiger partial charge in [0.15, 0.2) is 0 Å². The van der Waals surface area contributed by atoms with E-state index < -0.39 is 10.0 Å². The molecule has 0 atom stereocenters. The van der Waals surface area contributed by atoms with Crippen LogP contribution in [0, 0.1) is 6.92 Å². The molecule has 2 heterocycles. The zero-order valence-corrected chi connectivity index (χ0v) is 14.7. The van der Waals surface area contributed by atoms with Crippen molar-refractivity contribution >= 4 is 32.7 Å². The topological polar surface area (TPSA) is 71.1 Å². The smallest absolute Gasteiger partial charge is 0.242 e. The van der Waals surface area contributed by atoms with Crippen LogP contribution in [0.15, 0.2) is 21.9 Å². The van der Waals surface area contributed by atoms with Crippen LogP contribution in [0.4, 0.5) is 0 Å². The highest BCUT2D eigenvalue weighted by molar-refractivity contribution is 7.89. The fraction of sp³-hybridized carbons (Fsp3) is 0.462. The van der Waals surface area contributed by atoms with E-state index in [9.17, 15) is 8.42 Å². The number of thiophene rings is 1. The van der Waals surface area contributed by atoms with E-state index in [-0.39, 0.29) is 6.54 Å². The van der Waals surface area contributed by atoms with Crippen LogP contribution in [0.1, 0.15) is 29.3 Å². The first-order valence-corrected chi connectivity index (χ1v) is 9.83. The number of nitrogens with one attached hydrogen (secondary N) is 2. The molecule has 0 spiro atoms. The first kappa shape index (κ1) is 16.6. The van der Waals surface area contributed by atoms with Crippen LogP contribution >= 0.6 is 22.7 Å². The second-order valence-electron chi connectivity index (χ2n) is 4.93. The summed E-state index contributed by atoms with van der Waals surface area (Å²) in [6.07, 6.45) is 0. The summed E-state index contributed by atoms with van der Waals surface area (Å²) in [6.45, 7) is 6.79. The lowest BCUT2D eigenvalue weighted by Gasteiger charge is -2.10. The Balaban J connectivity index is 2.09. The van der Waals surface area contributed by atoms with Gasteiger partial charge in [0.2, 0.25) is 10.0 Å². The van der Waals surface area contributed by atoms with Gasteiger partial charge in [-0.25, -0.2) is 18.1 Å². The molecule has 2 rings (SSSR count). The van der Waals surface area contributed by atoms with Gasteiger partial charge in [0.25, 0.3) is 0 Å². The van der Waals surface area contributed by atoms with Gasteiger partial charge in [-0.05, 0) is 18.4 Å². The lowest BCUT2D eigenvalue weighted by molar-refractivity contribution is 0.571. The summed E-state index contributed by atoms with van der Waals surface area (Å²) < 4.78 is 27.5. The van der Waals surface area contributed by atoms with E-state index in [0.717, 1.165) is 15.4 Å². The first-order valence-electron chi connectivity index (χ1n) is 6.58. The summed E-state index contributed by atoms with van der Waals surface area (Å²) in [7, 11) is -3.49. The molecule has 0 aromatic carbocycles. The third-order valence-electron chi connectivity index (χ3n) is 2.93. The second-order valence-corrected chi connectivity index (χ2v) is 8.60. The van der Waals surface area contributed by atoms with E-state index in [2.05, 4.69) is 15.0 Å². The standard InChI is InChI=1S/C13H19N3O2S3/c1-9(2)14-6-12-13(4-5-19-12)21(17,18)16-7-11-10(3)15-8-20-11/h4-5,8-9,14,16H,6-7H2,1-3H3. The van der Waals surface area contributed by atoms with Crippen molar-refractivity contribution < 1.29 is 8.42 Å². The van der Waals surface area contributed by atoms with Gasteiger partial charge >= 0.3 is 0 Å². The van der Waals surface area contributed by atoms with Gasteiger partial charge in [0.05, 0.1) is 16.1 Å². The van der Waals surface area contributed by atoms with Crippen molar-refractivity contribution in [3.8, 4) is 0 Å². The van der Waals surface area contributed by atoms with Crippen molar-refractivity contribution in [1.29, 1.82) is 0 Å². The molecule has 2 N–H and O–H groups in total. The maximum absolute atomic E-state index is 12.4. The van der Waals surface area contributed by atoms with Crippen LogP contribution in [-0.4, -0.2) is 19.4 Å². The molecule has 21 heavy (non-hydrogen) atoms. The Hall–Kier alpha value is -0.800. The van der Waals surface area contributed by atoms with E-state index in [1.807, 2.05) is 26.2 Å². The van der Waals surface area contributed by atoms with Gasteiger partial charge in [-0.3, -0.25) is 0 Å². The lowest BCUT2D eigenvalue weighted by atomic mass is 10.4. The minimum absolute atomic E-state index is 0.283. The first-order chi connectivity index (χ1) is 9.90. The number of aromatic nitrogens is 1. The fourth-order valence-corrected chi connectivity index (χ4v) is 4.92. The van der Waals surface area contributed by atoms with E-state index in [1.165, 1.54) is 22.7 Å². The summed E-state index contributed by atoms with van der Waals surface area (Å²) in [5, 5.41) is 5.06. The third-order valence-corrected chi connectivity index (χ3v) is 6.40. The van der Waals surface area contributed by atoms with Gasteiger partial charge in [-0.1, -0.05) is 13.8 Å². The monoisotopic (exact) mass is 345 g/mol. The van der Waals surface area contributed by atoms with Crippen LogP contribution in [0.5, 0.6) is 0 Å². The van der Waals surface area contributed by atoms with Crippen molar-refractivity contribution in [2.45, 2.75) is 44.8 Å². The van der Waals surface area contributed by atoms with Gasteiger partial charge in [0, 0.05) is 28.9 Å². The van der Waals surface area contributed by atoms with E-state index in [1.54, 1.807) is 11.6 Å². The van der Waals surface area contributed by atoms with E-state index in [0.29, 0.717) is 17.5 Å². The Kier molecular flexibility index (Phi) is 5.50. The Morgan fingerprint density at radius 2 is 2.00 bits per heavy atom. The molecule has 2 aromatic rings. The number of hydrogen-bond acceptors (Lipinski definition) is 6. The van der Waals surface area contributed by atoms with Crippen molar-refractivity contribution in [2.24, 2.45) is 0 Å². The molecule has 0 aliphatic rings. The molecule has 8 heteroatoms. The van der Waals surface area contributed by atoms with E-state index >= 15 is 0 Å². The molecule has 116 valence electrons. The van der Waals surface area contributed by atoms with E-state index in [4.69, 9.17) is 0 Å². The van der Waals surface area contributed by atoms with Crippen molar-refractivity contribution in [2.75, 3.05) is 0 Å². The van der Waals surface area contributed by atoms with Crippen LogP contribution in [0.25, 0.3) is 0 Å². The number of hydrogen-bond donors (Lipinski definition) is 2. The Morgan fingerprint density at radius 1 is 1.24 bits per heavy atom. The Labute approximate surface area is 133 Å². The average Bonchev–Trinajstić information content (AvgIpc) is 3.03. The SMILES string of the molecule is Cc1ncsc1CNS(=O)(=O)c1ccsc1CNC(C)C. The summed E-state index contributed by atoms with van der Waals surface area (Å²) in [5.74, 6) is 0. The van der Waals surface area contributed by atoms with Gasteiger partial charge in [-0.15, -0.1) is 22.7 Å². The van der Waals surface area contributed by atoms with Crippen LogP contribution < -0.4 is 10.0 Å². The number of rotatable bonds is 7. The summed E-state index contributed by atoms with van der Waals surface area (Å²) >= 11 is 2.91. The molecule has 0 radical (unpaired) electrons. The normalized spacial score (nSPS) is 12.2. The van der Waals surface area contributed by atoms with Crippen molar-refractivity contribution in [3.63, 3.8) is 0 Å². The predicted molar refractivity (Wildman–Crippen MR) is 87.2 cm³/mol. The number of nitrogens with zero attached hydrogens (tertiary/aromatic N) is 1. The average molecular weight is 346 g/mol. The molecule has 0 fully saturated rings. The second kappa shape index (κ2) is 6.97. The quantitative estimate of drug-likeness (QED) is 0.809. The minimum Gasteiger partial charge on any atom is -0.310 e. The molecular weight excluding hydrogens is 326 g/mol. The minimum atomic E-state index is -3.49. The van der Waals surface area contributed by atoms with Crippen molar-refractivity contribution in [3.05, 3.63) is 32.4 Å². The Morgan fingerprint density at radius 3 is 2.62 bits per heavy atom. The van der Waals surface area contributed by atoms with Crippen molar-refractivity contribution in [1.82, 2.24) is 15.0 Å². The fourth-order valence-electron chi connectivity index (χ4n) is 1.73.